The summed E-state index contributed by atoms with van der Waals surface area (Å²) in [5.41, 5.74) is 11.1. The van der Waals surface area contributed by atoms with Gasteiger partial charge in [0.25, 0.3) is 11.4 Å². The summed E-state index contributed by atoms with van der Waals surface area (Å²) in [6.07, 6.45) is 8.16. The smallest absolute Gasteiger partial charge is 0.269 e. The van der Waals surface area contributed by atoms with Crippen LogP contribution in [-0.2, 0) is 0 Å². The summed E-state index contributed by atoms with van der Waals surface area (Å²) < 4.78 is 0. The highest BCUT2D eigenvalue weighted by Crippen LogP contribution is 2.41. The Morgan fingerprint density at radius 2 is 0.607 bits per heavy atom. The molecule has 10 rings (SSSR count). The molecule has 0 radical (unpaired) electrons. The number of aromatic nitrogens is 4. The van der Waals surface area contributed by atoms with Gasteiger partial charge in [0.2, 0.25) is 0 Å². The van der Waals surface area contributed by atoms with E-state index in [9.17, 15) is 20.2 Å². The number of para-hydroxylation sites is 4. The molecule has 4 N–H and O–H groups in total. The van der Waals surface area contributed by atoms with Gasteiger partial charge in [-0.25, -0.2) is 0 Å². The van der Waals surface area contributed by atoms with E-state index in [0.717, 1.165) is 77.0 Å². The Hall–Kier alpha value is -7.72. The van der Waals surface area contributed by atoms with E-state index < -0.39 is 0 Å². The van der Waals surface area contributed by atoms with E-state index in [2.05, 4.69) is 68.5 Å². The largest absolute Gasteiger partial charge is 0.361 e. The number of nitrogens with one attached hydrogen (secondary N) is 4. The molecule has 0 spiro atoms. The van der Waals surface area contributed by atoms with Crippen LogP contribution in [0.3, 0.4) is 0 Å². The molecule has 4 heterocycles. The Balaban J connectivity index is 0.000000146. The quantitative estimate of drug-likeness (QED) is 0.0907. The molecule has 0 saturated carbocycles. The number of H-pyrrole nitrogens is 4. The number of nitro groups is 2. The van der Waals surface area contributed by atoms with Gasteiger partial charge in [-0.2, -0.15) is 0 Å². The highest BCUT2D eigenvalue weighted by atomic mass is 16.6. The van der Waals surface area contributed by atoms with Crippen molar-refractivity contribution < 1.29 is 9.85 Å². The molecule has 0 atom stereocenters. The maximum Gasteiger partial charge on any atom is 0.269 e. The van der Waals surface area contributed by atoms with Crippen molar-refractivity contribution in [1.82, 2.24) is 19.9 Å². The second-order valence-electron chi connectivity index (χ2n) is 13.7. The fourth-order valence-corrected chi connectivity index (χ4v) is 7.96. The summed E-state index contributed by atoms with van der Waals surface area (Å²) in [7, 11) is 0. The number of non-ortho nitro benzene ring substituents is 2. The van der Waals surface area contributed by atoms with Gasteiger partial charge < -0.3 is 19.9 Å². The van der Waals surface area contributed by atoms with E-state index in [1.807, 2.05) is 97.6 Å². The standard InChI is InChI=1S/2C23H17N3O2/c2*27-26(28)16-11-9-15(10-12-16)23(19-13-24-21-7-3-1-5-17(19)21)20-14-25-22-8-4-2-6-18(20)22/h2*1-14,23-25H. The fraction of sp³-hybridized carbons (Fsp3) is 0.0435. The van der Waals surface area contributed by atoms with Crippen LogP contribution in [0.15, 0.2) is 170 Å². The monoisotopic (exact) mass is 734 g/mol. The van der Waals surface area contributed by atoms with Crippen LogP contribution in [-0.4, -0.2) is 29.8 Å². The molecule has 0 aliphatic heterocycles. The Kier molecular flexibility index (Phi) is 8.67. The van der Waals surface area contributed by atoms with Crippen molar-refractivity contribution in [2.75, 3.05) is 0 Å². The fourth-order valence-electron chi connectivity index (χ4n) is 7.96. The van der Waals surface area contributed by atoms with Gasteiger partial charge in [0.1, 0.15) is 0 Å². The van der Waals surface area contributed by atoms with Gasteiger partial charge in [0.15, 0.2) is 0 Å². The summed E-state index contributed by atoms with van der Waals surface area (Å²) in [6.45, 7) is 0. The van der Waals surface area contributed by atoms with Crippen molar-refractivity contribution in [3.8, 4) is 0 Å². The number of benzene rings is 6. The molecule has 56 heavy (non-hydrogen) atoms. The molecule has 10 aromatic rings. The number of aromatic amines is 4. The lowest BCUT2D eigenvalue weighted by Crippen LogP contribution is -2.02. The van der Waals surface area contributed by atoms with E-state index in [4.69, 9.17) is 0 Å². The van der Waals surface area contributed by atoms with E-state index in [-0.39, 0.29) is 33.1 Å². The average molecular weight is 735 g/mol. The molecule has 0 saturated heterocycles. The summed E-state index contributed by atoms with van der Waals surface area (Å²) in [5, 5.41) is 26.8. The lowest BCUT2D eigenvalue weighted by Gasteiger charge is -2.17. The summed E-state index contributed by atoms with van der Waals surface area (Å²) in [4.78, 5) is 34.9. The van der Waals surface area contributed by atoms with E-state index in [1.165, 1.54) is 0 Å². The molecular weight excluding hydrogens is 701 g/mol. The van der Waals surface area contributed by atoms with Gasteiger partial charge in [-0.15, -0.1) is 0 Å². The van der Waals surface area contributed by atoms with Crippen molar-refractivity contribution >= 4 is 55.0 Å². The lowest BCUT2D eigenvalue weighted by atomic mass is 9.85. The van der Waals surface area contributed by atoms with Gasteiger partial charge in [-0.1, -0.05) is 97.1 Å². The summed E-state index contributed by atoms with van der Waals surface area (Å²) in [6, 6.07) is 46.5. The first-order valence-corrected chi connectivity index (χ1v) is 18.2. The van der Waals surface area contributed by atoms with Gasteiger partial charge in [0, 0.05) is 105 Å². The Morgan fingerprint density at radius 3 is 0.857 bits per heavy atom. The number of hydrogen-bond acceptors (Lipinski definition) is 4. The van der Waals surface area contributed by atoms with Crippen LogP contribution in [0.2, 0.25) is 0 Å². The molecule has 0 bridgehead atoms. The van der Waals surface area contributed by atoms with E-state index in [1.54, 1.807) is 24.3 Å². The van der Waals surface area contributed by atoms with Gasteiger partial charge in [0.05, 0.1) is 9.85 Å². The molecule has 10 heteroatoms. The van der Waals surface area contributed by atoms with Crippen LogP contribution in [0.1, 0.15) is 45.2 Å². The van der Waals surface area contributed by atoms with Crippen LogP contribution >= 0.6 is 0 Å². The molecule has 6 aromatic carbocycles. The average Bonchev–Trinajstić information content (AvgIpc) is 4.05. The van der Waals surface area contributed by atoms with Crippen molar-refractivity contribution in [3.05, 3.63) is 224 Å². The third-order valence-electron chi connectivity index (χ3n) is 10.6. The summed E-state index contributed by atoms with van der Waals surface area (Å²) in [5.74, 6) is -0.0961. The van der Waals surface area contributed by atoms with Crippen molar-refractivity contribution in [1.29, 1.82) is 0 Å². The molecule has 272 valence electrons. The number of fused-ring (bicyclic) bond motifs is 4. The molecule has 0 amide bonds. The highest BCUT2D eigenvalue weighted by Gasteiger charge is 2.25. The predicted molar refractivity (Wildman–Crippen MR) is 221 cm³/mol. The van der Waals surface area contributed by atoms with Crippen LogP contribution in [0.25, 0.3) is 43.6 Å². The molecule has 4 aromatic heterocycles. The first kappa shape index (κ1) is 34.1. The molecule has 0 unspecified atom stereocenters. The Morgan fingerprint density at radius 1 is 0.357 bits per heavy atom. The minimum atomic E-state index is -0.365. The lowest BCUT2D eigenvalue weighted by molar-refractivity contribution is -0.385. The minimum Gasteiger partial charge on any atom is -0.361 e. The van der Waals surface area contributed by atoms with Crippen LogP contribution in [0.4, 0.5) is 11.4 Å². The van der Waals surface area contributed by atoms with Gasteiger partial charge in [-0.05, 0) is 57.6 Å². The zero-order chi connectivity index (χ0) is 38.2. The number of rotatable bonds is 8. The minimum absolute atomic E-state index is 0.0481. The second kappa shape index (κ2) is 14.3. The molecule has 0 aliphatic carbocycles. The third-order valence-corrected chi connectivity index (χ3v) is 10.6. The van der Waals surface area contributed by atoms with Gasteiger partial charge >= 0.3 is 0 Å². The van der Waals surface area contributed by atoms with Crippen molar-refractivity contribution in [2.24, 2.45) is 0 Å². The topological polar surface area (TPSA) is 149 Å². The zero-order valence-corrected chi connectivity index (χ0v) is 29.8. The second-order valence-corrected chi connectivity index (χ2v) is 13.7. The molecule has 10 nitrogen and oxygen atoms in total. The summed E-state index contributed by atoms with van der Waals surface area (Å²) >= 11 is 0. The first-order chi connectivity index (χ1) is 27.4. The van der Waals surface area contributed by atoms with E-state index >= 15 is 0 Å². The predicted octanol–water partition coefficient (Wildman–Crippen LogP) is 11.5. The Labute approximate surface area is 319 Å². The number of nitrogens with zero attached hydrogens (tertiary/aromatic N) is 2. The highest BCUT2D eigenvalue weighted by molar-refractivity contribution is 5.90. The SMILES string of the molecule is O=[N+]([O-])c1ccc(C(c2c[nH]c3ccccc23)c2c[nH]c3ccccc23)cc1.O=[N+]([O-])c1ccc(C(c2c[nH]c3ccccc23)c2c[nH]c3ccccc23)cc1. The van der Waals surface area contributed by atoms with Crippen LogP contribution in [0, 0.1) is 20.2 Å². The molecule has 0 aliphatic rings. The molecular formula is C46H34N6O4. The third kappa shape index (κ3) is 6.14. The first-order valence-electron chi connectivity index (χ1n) is 18.2. The Bertz CT molecular complexity index is 2650. The van der Waals surface area contributed by atoms with Crippen molar-refractivity contribution in [3.63, 3.8) is 0 Å². The number of nitro benzene ring substituents is 2. The van der Waals surface area contributed by atoms with Crippen molar-refractivity contribution in [2.45, 2.75) is 11.8 Å². The molecule has 0 fully saturated rings. The van der Waals surface area contributed by atoms with Crippen LogP contribution in [0.5, 0.6) is 0 Å². The maximum absolute atomic E-state index is 11.1. The van der Waals surface area contributed by atoms with Crippen LogP contribution < -0.4 is 0 Å². The normalized spacial score (nSPS) is 11.5. The number of hydrogen-bond donors (Lipinski definition) is 4. The van der Waals surface area contributed by atoms with Gasteiger partial charge in [-0.3, -0.25) is 20.2 Å². The zero-order valence-electron chi connectivity index (χ0n) is 29.8. The maximum atomic E-state index is 11.1. The van der Waals surface area contributed by atoms with E-state index in [0.29, 0.717) is 0 Å².